The van der Waals surface area contributed by atoms with Gasteiger partial charge in [-0.25, -0.2) is 0 Å². The molecule has 1 amide bonds. The molecule has 1 saturated heterocycles. The quantitative estimate of drug-likeness (QED) is 0.863. The number of benzene rings is 1. The first-order chi connectivity index (χ1) is 11.6. The standard InChI is InChI=1S/C18H17N5O/c1-13-6-4-5-9-23(13)18(24)15-7-2-3-8-16(15)22-17(12-21)14(10-19)11-20/h2-3,7-8,13,22H,4-6,9H2,1H3. The zero-order chi connectivity index (χ0) is 17.5. The van der Waals surface area contributed by atoms with Gasteiger partial charge in [-0.3, -0.25) is 4.79 Å². The largest absolute Gasteiger partial charge is 0.344 e. The molecule has 120 valence electrons. The second-order valence-electron chi connectivity index (χ2n) is 5.60. The number of hydrogen-bond donors (Lipinski definition) is 1. The average Bonchev–Trinajstić information content (AvgIpc) is 2.62. The maximum atomic E-state index is 12.9. The molecule has 1 heterocycles. The number of nitrogens with zero attached hydrogens (tertiary/aromatic N) is 4. The van der Waals surface area contributed by atoms with Crippen molar-refractivity contribution in [3.05, 3.63) is 41.1 Å². The average molecular weight is 319 g/mol. The highest BCUT2D eigenvalue weighted by molar-refractivity contribution is 6.00. The molecule has 1 atom stereocenters. The zero-order valence-electron chi connectivity index (χ0n) is 13.4. The SMILES string of the molecule is CC1CCCCN1C(=O)c1ccccc1NC(C#N)=C(C#N)C#N. The number of hydrogen-bond acceptors (Lipinski definition) is 5. The van der Waals surface area contributed by atoms with Crippen LogP contribution >= 0.6 is 0 Å². The molecule has 0 radical (unpaired) electrons. The predicted molar refractivity (Wildman–Crippen MR) is 88.3 cm³/mol. The summed E-state index contributed by atoms with van der Waals surface area (Å²) in [5.74, 6) is -0.113. The zero-order valence-corrected chi connectivity index (χ0v) is 13.4. The molecule has 2 rings (SSSR count). The van der Waals surface area contributed by atoms with Crippen molar-refractivity contribution in [2.24, 2.45) is 0 Å². The number of likely N-dealkylation sites (tertiary alicyclic amines) is 1. The molecular formula is C18H17N5O. The van der Waals surface area contributed by atoms with Crippen LogP contribution in [0.4, 0.5) is 5.69 Å². The van der Waals surface area contributed by atoms with E-state index in [2.05, 4.69) is 5.32 Å². The topological polar surface area (TPSA) is 104 Å². The first-order valence-corrected chi connectivity index (χ1v) is 7.74. The summed E-state index contributed by atoms with van der Waals surface area (Å²) < 4.78 is 0. The fraction of sp³-hybridized carbons (Fsp3) is 0.333. The second-order valence-corrected chi connectivity index (χ2v) is 5.60. The fourth-order valence-corrected chi connectivity index (χ4v) is 2.75. The van der Waals surface area contributed by atoms with Gasteiger partial charge < -0.3 is 10.2 Å². The van der Waals surface area contributed by atoms with Crippen LogP contribution in [0, 0.1) is 34.0 Å². The lowest BCUT2D eigenvalue weighted by atomic mass is 10.0. The lowest BCUT2D eigenvalue weighted by Gasteiger charge is -2.34. The van der Waals surface area contributed by atoms with E-state index in [-0.39, 0.29) is 23.2 Å². The summed E-state index contributed by atoms with van der Waals surface area (Å²) in [5, 5.41) is 29.8. The normalized spacial score (nSPS) is 16.2. The van der Waals surface area contributed by atoms with E-state index in [1.54, 1.807) is 42.5 Å². The Kier molecular flexibility index (Phi) is 5.55. The van der Waals surface area contributed by atoms with Crippen molar-refractivity contribution in [1.29, 1.82) is 15.8 Å². The molecular weight excluding hydrogens is 302 g/mol. The molecule has 24 heavy (non-hydrogen) atoms. The van der Waals surface area contributed by atoms with Crippen LogP contribution < -0.4 is 5.32 Å². The van der Waals surface area contributed by atoms with E-state index in [4.69, 9.17) is 10.5 Å². The van der Waals surface area contributed by atoms with Crippen LogP contribution in [0.5, 0.6) is 0 Å². The van der Waals surface area contributed by atoms with E-state index < -0.39 is 0 Å². The van der Waals surface area contributed by atoms with E-state index >= 15 is 0 Å². The summed E-state index contributed by atoms with van der Waals surface area (Å²) in [5.41, 5.74) is 0.368. The Balaban J connectivity index is 2.36. The van der Waals surface area contributed by atoms with Gasteiger partial charge in [-0.1, -0.05) is 12.1 Å². The van der Waals surface area contributed by atoms with Crippen LogP contribution in [-0.4, -0.2) is 23.4 Å². The lowest BCUT2D eigenvalue weighted by Crippen LogP contribution is -2.42. The van der Waals surface area contributed by atoms with E-state index in [1.165, 1.54) is 0 Å². The smallest absolute Gasteiger partial charge is 0.256 e. The minimum absolute atomic E-state index is 0.113. The van der Waals surface area contributed by atoms with Gasteiger partial charge in [0.25, 0.3) is 5.91 Å². The maximum absolute atomic E-state index is 12.9. The number of amides is 1. The number of nitriles is 3. The van der Waals surface area contributed by atoms with E-state index in [0.717, 1.165) is 19.3 Å². The highest BCUT2D eigenvalue weighted by atomic mass is 16.2. The summed E-state index contributed by atoms with van der Waals surface area (Å²) in [6.45, 7) is 2.73. The Bertz CT molecular complexity index is 775. The molecule has 1 aliphatic heterocycles. The number of para-hydroxylation sites is 1. The highest BCUT2D eigenvalue weighted by Crippen LogP contribution is 2.24. The van der Waals surface area contributed by atoms with Gasteiger partial charge in [0.2, 0.25) is 0 Å². The molecule has 1 aromatic rings. The Labute approximate surface area is 141 Å². The number of anilines is 1. The predicted octanol–water partition coefficient (Wildman–Crippen LogP) is 2.94. The van der Waals surface area contributed by atoms with Crippen LogP contribution in [-0.2, 0) is 0 Å². The van der Waals surface area contributed by atoms with Gasteiger partial charge in [-0.15, -0.1) is 0 Å². The molecule has 1 fully saturated rings. The van der Waals surface area contributed by atoms with Crippen LogP contribution in [0.3, 0.4) is 0 Å². The lowest BCUT2D eigenvalue weighted by molar-refractivity contribution is 0.0636. The molecule has 1 unspecified atom stereocenters. The molecule has 0 bridgehead atoms. The molecule has 1 aromatic carbocycles. The van der Waals surface area contributed by atoms with Crippen LogP contribution in [0.2, 0.25) is 0 Å². The third-order valence-electron chi connectivity index (χ3n) is 4.07. The van der Waals surface area contributed by atoms with Crippen LogP contribution in [0.1, 0.15) is 36.5 Å². The minimum Gasteiger partial charge on any atom is -0.344 e. The van der Waals surface area contributed by atoms with Crippen molar-refractivity contribution in [2.75, 3.05) is 11.9 Å². The number of nitrogens with one attached hydrogen (secondary N) is 1. The fourth-order valence-electron chi connectivity index (χ4n) is 2.75. The molecule has 1 N–H and O–H groups in total. The molecule has 0 spiro atoms. The van der Waals surface area contributed by atoms with Crippen molar-refractivity contribution in [2.45, 2.75) is 32.2 Å². The van der Waals surface area contributed by atoms with Gasteiger partial charge in [0.1, 0.15) is 23.9 Å². The molecule has 1 aliphatic rings. The van der Waals surface area contributed by atoms with Gasteiger partial charge in [0, 0.05) is 12.6 Å². The Morgan fingerprint density at radius 3 is 2.50 bits per heavy atom. The number of allylic oxidation sites excluding steroid dienone is 2. The Morgan fingerprint density at radius 2 is 1.88 bits per heavy atom. The van der Waals surface area contributed by atoms with Gasteiger partial charge in [0.05, 0.1) is 11.3 Å². The monoisotopic (exact) mass is 319 g/mol. The summed E-state index contributed by atoms with van der Waals surface area (Å²) in [7, 11) is 0. The summed E-state index contributed by atoms with van der Waals surface area (Å²) in [4.78, 5) is 14.7. The van der Waals surface area contributed by atoms with E-state index in [0.29, 0.717) is 17.8 Å². The highest BCUT2D eigenvalue weighted by Gasteiger charge is 2.26. The molecule has 0 aliphatic carbocycles. The van der Waals surface area contributed by atoms with Crippen LogP contribution in [0.15, 0.2) is 35.5 Å². The molecule has 6 heteroatoms. The molecule has 0 aromatic heterocycles. The van der Waals surface area contributed by atoms with Crippen molar-refractivity contribution >= 4 is 11.6 Å². The summed E-state index contributed by atoms with van der Waals surface area (Å²) in [6, 6.07) is 12.1. The second kappa shape index (κ2) is 7.81. The van der Waals surface area contributed by atoms with Crippen molar-refractivity contribution in [3.8, 4) is 18.2 Å². The van der Waals surface area contributed by atoms with Crippen molar-refractivity contribution in [1.82, 2.24) is 4.90 Å². The third kappa shape index (κ3) is 3.54. The van der Waals surface area contributed by atoms with Crippen molar-refractivity contribution in [3.63, 3.8) is 0 Å². The Hall–Kier alpha value is -3.30. The van der Waals surface area contributed by atoms with Crippen molar-refractivity contribution < 1.29 is 4.79 Å². The number of rotatable bonds is 3. The first-order valence-electron chi connectivity index (χ1n) is 7.74. The number of piperidine rings is 1. The minimum atomic E-state index is -0.314. The van der Waals surface area contributed by atoms with Gasteiger partial charge in [-0.2, -0.15) is 15.8 Å². The van der Waals surface area contributed by atoms with E-state index in [1.807, 2.05) is 11.8 Å². The third-order valence-corrected chi connectivity index (χ3v) is 4.07. The molecule has 0 saturated carbocycles. The maximum Gasteiger partial charge on any atom is 0.256 e. The van der Waals surface area contributed by atoms with Gasteiger partial charge in [0.15, 0.2) is 5.57 Å². The first kappa shape index (κ1) is 17.1. The summed E-state index contributed by atoms with van der Waals surface area (Å²) in [6.07, 6.45) is 3.06. The van der Waals surface area contributed by atoms with E-state index in [9.17, 15) is 10.1 Å². The Morgan fingerprint density at radius 1 is 1.17 bits per heavy atom. The molecule has 6 nitrogen and oxygen atoms in total. The van der Waals surface area contributed by atoms with Gasteiger partial charge in [-0.05, 0) is 38.3 Å². The number of carbonyl (C=O) groups excluding carboxylic acids is 1. The van der Waals surface area contributed by atoms with Crippen LogP contribution in [0.25, 0.3) is 0 Å². The number of carbonyl (C=O) groups is 1. The summed E-state index contributed by atoms with van der Waals surface area (Å²) >= 11 is 0. The van der Waals surface area contributed by atoms with Gasteiger partial charge >= 0.3 is 0 Å².